The van der Waals surface area contributed by atoms with E-state index in [4.69, 9.17) is 0 Å². The largest absolute Gasteiger partial charge is 0.345 e. The summed E-state index contributed by atoms with van der Waals surface area (Å²) in [5.41, 5.74) is 4.63. The van der Waals surface area contributed by atoms with Gasteiger partial charge in [0.15, 0.2) is 5.16 Å². The van der Waals surface area contributed by atoms with Crippen LogP contribution < -0.4 is 5.32 Å². The molecule has 150 valence electrons. The van der Waals surface area contributed by atoms with Crippen LogP contribution in [0.3, 0.4) is 0 Å². The topological polar surface area (TPSA) is 67.2 Å². The summed E-state index contributed by atoms with van der Waals surface area (Å²) in [6.45, 7) is 4.12. The summed E-state index contributed by atoms with van der Waals surface area (Å²) in [6, 6.07) is 13.2. The highest BCUT2D eigenvalue weighted by molar-refractivity contribution is 7.99. The van der Waals surface area contributed by atoms with Gasteiger partial charge < -0.3 is 10.2 Å². The number of imidazole rings is 1. The fraction of sp³-hybridized carbons (Fsp3) is 0.227. The Kier molecular flexibility index (Phi) is 6.39. The molecule has 7 heteroatoms. The molecule has 1 N–H and O–H groups in total. The molecule has 2 aromatic carbocycles. The van der Waals surface area contributed by atoms with Gasteiger partial charge in [-0.3, -0.25) is 14.2 Å². The molecule has 3 rings (SSSR count). The number of hydrogen-bond acceptors (Lipinski definition) is 4. The van der Waals surface area contributed by atoms with Gasteiger partial charge in [-0.1, -0.05) is 17.8 Å². The van der Waals surface area contributed by atoms with Gasteiger partial charge in [-0.05, 0) is 61.4 Å². The molecule has 0 saturated carbocycles. The smallest absolute Gasteiger partial charge is 0.253 e. The minimum atomic E-state index is -0.128. The molecule has 0 fully saturated rings. The van der Waals surface area contributed by atoms with Gasteiger partial charge in [0.25, 0.3) is 5.91 Å². The van der Waals surface area contributed by atoms with E-state index < -0.39 is 0 Å². The molecule has 3 aromatic rings. The number of thioether (sulfide) groups is 1. The van der Waals surface area contributed by atoms with E-state index in [2.05, 4.69) is 42.3 Å². The maximum Gasteiger partial charge on any atom is 0.253 e. The second-order valence-corrected chi connectivity index (χ2v) is 7.98. The average Bonchev–Trinajstić information content (AvgIpc) is 3.14. The van der Waals surface area contributed by atoms with E-state index in [0.29, 0.717) is 11.3 Å². The maximum atomic E-state index is 12.3. The standard InChI is InChI=1S/C22H24N4O2S/c1-15-11-16(2)13-19(12-15)26-10-9-23-22(26)29-14-20(27)24-18-7-5-17(6-8-18)21(28)25(3)4/h5-13H,14H2,1-4H3,(H,24,27). The molecule has 0 unspecified atom stereocenters. The molecule has 0 aliphatic heterocycles. The number of amides is 2. The highest BCUT2D eigenvalue weighted by Crippen LogP contribution is 2.22. The average molecular weight is 409 g/mol. The third kappa shape index (κ3) is 5.26. The number of hydrogen-bond donors (Lipinski definition) is 1. The number of nitrogens with one attached hydrogen (secondary N) is 1. The first-order valence-corrected chi connectivity index (χ1v) is 10.2. The lowest BCUT2D eigenvalue weighted by atomic mass is 10.1. The van der Waals surface area contributed by atoms with E-state index in [1.165, 1.54) is 27.8 Å². The van der Waals surface area contributed by atoms with Crippen molar-refractivity contribution in [2.24, 2.45) is 0 Å². The number of aryl methyl sites for hydroxylation is 2. The Morgan fingerprint density at radius 2 is 1.72 bits per heavy atom. The van der Waals surface area contributed by atoms with Crippen molar-refractivity contribution in [1.29, 1.82) is 0 Å². The van der Waals surface area contributed by atoms with Gasteiger partial charge >= 0.3 is 0 Å². The maximum absolute atomic E-state index is 12.3. The van der Waals surface area contributed by atoms with Crippen LogP contribution in [0.2, 0.25) is 0 Å². The van der Waals surface area contributed by atoms with Crippen molar-refractivity contribution in [3.8, 4) is 5.69 Å². The zero-order chi connectivity index (χ0) is 21.0. The van der Waals surface area contributed by atoms with Crippen molar-refractivity contribution in [2.45, 2.75) is 19.0 Å². The molecule has 1 aromatic heterocycles. The minimum absolute atomic E-state index is 0.0725. The van der Waals surface area contributed by atoms with Gasteiger partial charge in [0.05, 0.1) is 5.75 Å². The number of nitrogens with zero attached hydrogens (tertiary/aromatic N) is 3. The second kappa shape index (κ2) is 8.96. The minimum Gasteiger partial charge on any atom is -0.345 e. The van der Waals surface area contributed by atoms with E-state index in [0.717, 1.165) is 10.8 Å². The van der Waals surface area contributed by atoms with Gasteiger partial charge in [0, 0.05) is 43.4 Å². The van der Waals surface area contributed by atoms with Crippen molar-refractivity contribution in [2.75, 3.05) is 25.2 Å². The summed E-state index contributed by atoms with van der Waals surface area (Å²) in [4.78, 5) is 30.2. The molecule has 0 saturated heterocycles. The van der Waals surface area contributed by atoms with Crippen LogP contribution in [0.15, 0.2) is 60.0 Å². The summed E-state index contributed by atoms with van der Waals surface area (Å²) in [5.74, 6) is 0.0357. The predicted octanol–water partition coefficient (Wildman–Crippen LogP) is 3.92. The molecule has 0 atom stereocenters. The van der Waals surface area contributed by atoms with Gasteiger partial charge in [-0.2, -0.15) is 0 Å². The Labute approximate surface area is 174 Å². The summed E-state index contributed by atoms with van der Waals surface area (Å²) in [6.07, 6.45) is 3.63. The molecule has 0 radical (unpaired) electrons. The van der Waals surface area contributed by atoms with Crippen molar-refractivity contribution in [1.82, 2.24) is 14.5 Å². The lowest BCUT2D eigenvalue weighted by molar-refractivity contribution is -0.113. The zero-order valence-corrected chi connectivity index (χ0v) is 17.8. The van der Waals surface area contributed by atoms with Crippen LogP contribution in [-0.4, -0.2) is 46.1 Å². The van der Waals surface area contributed by atoms with Gasteiger partial charge in [-0.15, -0.1) is 0 Å². The third-order valence-corrected chi connectivity index (χ3v) is 5.21. The quantitative estimate of drug-likeness (QED) is 0.628. The molecule has 6 nitrogen and oxygen atoms in total. The summed E-state index contributed by atoms with van der Waals surface area (Å²) in [5, 5.41) is 3.62. The highest BCUT2D eigenvalue weighted by Gasteiger charge is 2.11. The normalized spacial score (nSPS) is 10.6. The fourth-order valence-electron chi connectivity index (χ4n) is 2.96. The molecular formula is C22H24N4O2S. The van der Waals surface area contributed by atoms with E-state index in [1.807, 2.05) is 10.8 Å². The monoisotopic (exact) mass is 408 g/mol. The number of aromatic nitrogens is 2. The van der Waals surface area contributed by atoms with E-state index in [9.17, 15) is 9.59 Å². The summed E-state index contributed by atoms with van der Waals surface area (Å²) >= 11 is 1.38. The van der Waals surface area contributed by atoms with Gasteiger partial charge in [0.1, 0.15) is 0 Å². The van der Waals surface area contributed by atoms with Crippen LogP contribution in [0.25, 0.3) is 5.69 Å². The Hall–Kier alpha value is -3.06. The molecular weight excluding hydrogens is 384 g/mol. The van der Waals surface area contributed by atoms with Gasteiger partial charge in [-0.25, -0.2) is 4.98 Å². The summed E-state index contributed by atoms with van der Waals surface area (Å²) < 4.78 is 1.99. The first-order chi connectivity index (χ1) is 13.8. The molecule has 1 heterocycles. The third-order valence-electron chi connectivity index (χ3n) is 4.25. The number of rotatable bonds is 6. The molecule has 0 aliphatic rings. The van der Waals surface area contributed by atoms with Crippen LogP contribution >= 0.6 is 11.8 Å². The fourth-order valence-corrected chi connectivity index (χ4v) is 3.74. The summed E-state index contributed by atoms with van der Waals surface area (Å²) in [7, 11) is 3.41. The second-order valence-electron chi connectivity index (χ2n) is 7.04. The van der Waals surface area contributed by atoms with Crippen LogP contribution in [0.1, 0.15) is 21.5 Å². The van der Waals surface area contributed by atoms with Crippen molar-refractivity contribution < 1.29 is 9.59 Å². The van der Waals surface area contributed by atoms with Crippen LogP contribution in [0, 0.1) is 13.8 Å². The van der Waals surface area contributed by atoms with Crippen LogP contribution in [0.4, 0.5) is 5.69 Å². The Bertz CT molecular complexity index is 1010. The number of carbonyl (C=O) groups is 2. The molecule has 29 heavy (non-hydrogen) atoms. The number of benzene rings is 2. The molecule has 0 spiro atoms. The zero-order valence-electron chi connectivity index (χ0n) is 17.0. The molecule has 2 amide bonds. The number of carbonyl (C=O) groups excluding carboxylic acids is 2. The Balaban J connectivity index is 1.62. The van der Waals surface area contributed by atoms with Crippen LogP contribution in [-0.2, 0) is 4.79 Å². The van der Waals surface area contributed by atoms with Crippen LogP contribution in [0.5, 0.6) is 0 Å². The van der Waals surface area contributed by atoms with Gasteiger partial charge in [0.2, 0.25) is 5.91 Å². The van der Waals surface area contributed by atoms with E-state index in [1.54, 1.807) is 44.6 Å². The first kappa shape index (κ1) is 20.7. The predicted molar refractivity (Wildman–Crippen MR) is 117 cm³/mol. The van der Waals surface area contributed by atoms with E-state index in [-0.39, 0.29) is 17.6 Å². The van der Waals surface area contributed by atoms with E-state index >= 15 is 0 Å². The lowest BCUT2D eigenvalue weighted by Gasteiger charge is -2.11. The number of anilines is 1. The molecule has 0 bridgehead atoms. The Morgan fingerprint density at radius 1 is 1.07 bits per heavy atom. The van der Waals surface area contributed by atoms with Crippen molar-refractivity contribution in [3.63, 3.8) is 0 Å². The first-order valence-electron chi connectivity index (χ1n) is 9.20. The van der Waals surface area contributed by atoms with Crippen molar-refractivity contribution in [3.05, 3.63) is 71.5 Å². The molecule has 0 aliphatic carbocycles. The SMILES string of the molecule is Cc1cc(C)cc(-n2ccnc2SCC(=O)Nc2ccc(C(=O)N(C)C)cc2)c1. The van der Waals surface area contributed by atoms with Crippen molar-refractivity contribution >= 4 is 29.3 Å². The lowest BCUT2D eigenvalue weighted by Crippen LogP contribution is -2.21. The Morgan fingerprint density at radius 3 is 2.34 bits per heavy atom. The highest BCUT2D eigenvalue weighted by atomic mass is 32.2.